The minimum atomic E-state index is -5.27. The first-order valence-electron chi connectivity index (χ1n) is 11.6. The number of carbonyl (C=O) groups is 2. The molecule has 0 aromatic heterocycles. The molecule has 2 amide bonds. The van der Waals surface area contributed by atoms with Crippen molar-refractivity contribution in [1.82, 2.24) is 0 Å². The third-order valence-electron chi connectivity index (χ3n) is 4.88. The smallest absolute Gasteiger partial charge is 0.493 e. The molecule has 0 heterocycles. The topological polar surface area (TPSA) is 99.9 Å². The molecule has 0 bridgehead atoms. The molecular weight excluding hydrogens is 529 g/mol. The van der Waals surface area contributed by atoms with Crippen LogP contribution < -0.4 is 25.3 Å². The maximum atomic E-state index is 15.2. The Hall–Kier alpha value is -4.49. The normalized spacial score (nSPS) is 13.1. The van der Waals surface area contributed by atoms with Crippen molar-refractivity contribution in [2.24, 2.45) is 5.73 Å². The molecular formula is C24H17F7N2O5. The molecule has 0 fully saturated rings. The van der Waals surface area contributed by atoms with Gasteiger partial charge in [-0.3, -0.25) is 9.59 Å². The summed E-state index contributed by atoms with van der Waals surface area (Å²) in [4.78, 5) is 24.6. The van der Waals surface area contributed by atoms with E-state index in [1.54, 1.807) is 0 Å². The van der Waals surface area contributed by atoms with Crippen molar-refractivity contribution in [2.75, 3.05) is 12.4 Å². The third kappa shape index (κ3) is 6.44. The lowest BCUT2D eigenvalue weighted by atomic mass is 10.1. The maximum Gasteiger partial charge on any atom is 0.573 e. The molecule has 3 aromatic rings. The fourth-order valence-corrected chi connectivity index (χ4v) is 3.20. The first-order chi connectivity index (χ1) is 18.7. The predicted molar refractivity (Wildman–Crippen MR) is 119 cm³/mol. The lowest BCUT2D eigenvalue weighted by molar-refractivity contribution is -0.274. The van der Waals surface area contributed by atoms with Gasteiger partial charge in [-0.1, -0.05) is 6.07 Å². The third-order valence-corrected chi connectivity index (χ3v) is 4.88. The van der Waals surface area contributed by atoms with E-state index in [4.69, 9.17) is 14.6 Å². The summed E-state index contributed by atoms with van der Waals surface area (Å²) in [6.45, 7) is 1.51. The van der Waals surface area contributed by atoms with Gasteiger partial charge in [0.15, 0.2) is 17.3 Å². The second kappa shape index (κ2) is 10.5. The van der Waals surface area contributed by atoms with E-state index in [1.165, 1.54) is 19.1 Å². The van der Waals surface area contributed by atoms with Gasteiger partial charge in [0.1, 0.15) is 17.1 Å². The number of halogens is 7. The van der Waals surface area contributed by atoms with E-state index in [2.05, 4.69) is 14.8 Å². The lowest BCUT2D eigenvalue weighted by Crippen LogP contribution is -2.19. The molecule has 0 radical (unpaired) electrons. The van der Waals surface area contributed by atoms with Crippen LogP contribution in [0.1, 0.15) is 36.0 Å². The second-order valence-corrected chi connectivity index (χ2v) is 7.51. The van der Waals surface area contributed by atoms with Gasteiger partial charge in [-0.05, 0) is 48.9 Å². The highest BCUT2D eigenvalue weighted by Gasteiger charge is 2.38. The van der Waals surface area contributed by atoms with Crippen LogP contribution >= 0.6 is 0 Å². The number of aryl methyl sites for hydroxylation is 1. The van der Waals surface area contributed by atoms with E-state index in [0.717, 1.165) is 6.07 Å². The highest BCUT2D eigenvalue weighted by atomic mass is 19.4. The molecule has 0 spiro atoms. The number of carbonyl (C=O) groups excluding carboxylic acids is 2. The van der Waals surface area contributed by atoms with Crippen molar-refractivity contribution < 1.29 is 58.6 Å². The van der Waals surface area contributed by atoms with Crippen LogP contribution in [-0.2, 0) is 6.18 Å². The van der Waals surface area contributed by atoms with Gasteiger partial charge in [0.05, 0.1) is 16.7 Å². The fraction of sp³-hybridized carbons (Fsp3) is 0.167. The number of primary amides is 1. The van der Waals surface area contributed by atoms with Crippen LogP contribution in [0.15, 0.2) is 48.5 Å². The lowest BCUT2D eigenvalue weighted by Gasteiger charge is -2.18. The summed E-state index contributed by atoms with van der Waals surface area (Å²) in [6.07, 6.45) is -10.5. The molecule has 0 aliphatic carbocycles. The Balaban J connectivity index is 2.12. The molecule has 0 saturated carbocycles. The fourth-order valence-electron chi connectivity index (χ4n) is 3.20. The van der Waals surface area contributed by atoms with Crippen molar-refractivity contribution in [1.29, 1.82) is 0 Å². The Kier molecular flexibility index (Phi) is 6.58. The standard InChI is InChI=1S/C24H17F7N2O5/c1-11-3-4-12(9-14(11)21(32)34)33-22(35)19-17(8-6-15(20(19)25)23(26,27)28)37-16-7-5-13(10-18(16)36-2)38-24(29,30)31/h3-10H,1-2H3,(H2,32,34)(H,33,35)/i2D3. The van der Waals surface area contributed by atoms with Crippen molar-refractivity contribution >= 4 is 17.5 Å². The average Bonchev–Trinajstić information content (AvgIpc) is 2.79. The number of rotatable bonds is 7. The minimum Gasteiger partial charge on any atom is -0.493 e. The number of amides is 2. The van der Waals surface area contributed by atoms with Crippen LogP contribution in [0.25, 0.3) is 0 Å². The molecule has 0 aliphatic heterocycles. The zero-order chi connectivity index (χ0) is 30.9. The van der Waals surface area contributed by atoms with Gasteiger partial charge in [0, 0.05) is 17.3 Å². The van der Waals surface area contributed by atoms with Gasteiger partial charge in [-0.15, -0.1) is 13.2 Å². The summed E-state index contributed by atoms with van der Waals surface area (Å²) in [5, 5.41) is 2.11. The maximum absolute atomic E-state index is 15.2. The summed E-state index contributed by atoms with van der Waals surface area (Å²) < 4.78 is 129. The molecule has 3 aromatic carbocycles. The molecule has 0 aliphatic rings. The van der Waals surface area contributed by atoms with Crippen molar-refractivity contribution in [3.63, 3.8) is 0 Å². The van der Waals surface area contributed by atoms with Crippen LogP contribution in [-0.4, -0.2) is 25.2 Å². The van der Waals surface area contributed by atoms with E-state index in [0.29, 0.717) is 29.8 Å². The Morgan fingerprint density at radius 1 is 0.947 bits per heavy atom. The summed E-state index contributed by atoms with van der Waals surface area (Å²) in [5.41, 5.74) is 2.22. The molecule has 38 heavy (non-hydrogen) atoms. The first-order valence-corrected chi connectivity index (χ1v) is 10.1. The Labute approximate surface area is 214 Å². The number of methoxy groups -OCH3 is 1. The summed E-state index contributed by atoms with van der Waals surface area (Å²) in [5.74, 6) is -7.99. The van der Waals surface area contributed by atoms with Crippen LogP contribution in [0.2, 0.25) is 0 Å². The summed E-state index contributed by atoms with van der Waals surface area (Å²) in [7, 11) is -3.26. The number of hydrogen-bond donors (Lipinski definition) is 2. The molecule has 0 unspecified atom stereocenters. The van der Waals surface area contributed by atoms with Gasteiger partial charge in [0.25, 0.3) is 5.91 Å². The number of hydrogen-bond acceptors (Lipinski definition) is 5. The largest absolute Gasteiger partial charge is 0.573 e. The number of anilines is 1. The number of ether oxygens (including phenoxy) is 3. The second-order valence-electron chi connectivity index (χ2n) is 7.51. The zero-order valence-corrected chi connectivity index (χ0v) is 18.9. The Morgan fingerprint density at radius 2 is 1.63 bits per heavy atom. The average molecular weight is 549 g/mol. The van der Waals surface area contributed by atoms with E-state index in [1.807, 2.05) is 0 Å². The van der Waals surface area contributed by atoms with Gasteiger partial charge in [-0.25, -0.2) is 4.39 Å². The van der Waals surface area contributed by atoms with Crippen LogP contribution in [0.3, 0.4) is 0 Å². The van der Waals surface area contributed by atoms with Gasteiger partial charge in [-0.2, -0.15) is 13.2 Å². The van der Waals surface area contributed by atoms with Crippen molar-refractivity contribution in [2.45, 2.75) is 19.5 Å². The quantitative estimate of drug-likeness (QED) is 0.342. The molecule has 14 heteroatoms. The Morgan fingerprint density at radius 3 is 2.24 bits per heavy atom. The molecule has 0 atom stereocenters. The first kappa shape index (κ1) is 23.9. The van der Waals surface area contributed by atoms with Crippen LogP contribution in [0.5, 0.6) is 23.0 Å². The monoisotopic (exact) mass is 549 g/mol. The number of nitrogens with two attached hydrogens (primary N) is 1. The number of benzene rings is 3. The van der Waals surface area contributed by atoms with Crippen molar-refractivity contribution in [3.05, 3.63) is 76.6 Å². The number of nitrogens with one attached hydrogen (secondary N) is 1. The molecule has 202 valence electrons. The molecule has 3 rings (SSSR count). The summed E-state index contributed by atoms with van der Waals surface area (Å²) in [6, 6.07) is 6.22. The minimum absolute atomic E-state index is 0.0589. The van der Waals surface area contributed by atoms with Crippen LogP contribution in [0.4, 0.5) is 36.4 Å². The Bertz CT molecular complexity index is 1490. The van der Waals surface area contributed by atoms with E-state index < -0.39 is 71.3 Å². The van der Waals surface area contributed by atoms with Gasteiger partial charge >= 0.3 is 12.5 Å². The predicted octanol–water partition coefficient (Wildman–Crippen LogP) is 6.20. The molecule has 7 nitrogen and oxygen atoms in total. The van der Waals surface area contributed by atoms with Crippen molar-refractivity contribution in [3.8, 4) is 23.0 Å². The van der Waals surface area contributed by atoms with E-state index >= 15 is 4.39 Å². The van der Waals surface area contributed by atoms with Crippen LogP contribution in [0, 0.1) is 12.7 Å². The number of alkyl halides is 6. The van der Waals surface area contributed by atoms with Gasteiger partial charge in [0.2, 0.25) is 5.91 Å². The van der Waals surface area contributed by atoms with E-state index in [-0.39, 0.29) is 17.3 Å². The van der Waals surface area contributed by atoms with E-state index in [9.17, 15) is 35.9 Å². The zero-order valence-electron chi connectivity index (χ0n) is 21.9. The molecule has 0 saturated heterocycles. The highest BCUT2D eigenvalue weighted by molar-refractivity contribution is 6.07. The molecule has 3 N–H and O–H groups in total. The summed E-state index contributed by atoms with van der Waals surface area (Å²) >= 11 is 0. The highest BCUT2D eigenvalue weighted by Crippen LogP contribution is 2.41. The van der Waals surface area contributed by atoms with Gasteiger partial charge < -0.3 is 25.3 Å². The SMILES string of the molecule is [2H]C([2H])([2H])Oc1cc(OC(F)(F)F)ccc1Oc1ccc(C(F)(F)F)c(F)c1C(=O)Nc1ccc(C)c(C(N)=O)c1.